The van der Waals surface area contributed by atoms with Gasteiger partial charge in [0.2, 0.25) is 5.91 Å². The molecule has 0 bridgehead atoms. The maximum atomic E-state index is 12.3. The van der Waals surface area contributed by atoms with E-state index in [2.05, 4.69) is 5.32 Å². The van der Waals surface area contributed by atoms with Crippen molar-refractivity contribution in [3.05, 3.63) is 53.1 Å². The minimum Gasteiger partial charge on any atom is -0.497 e. The Bertz CT molecular complexity index is 929. The molecule has 1 fully saturated rings. The Morgan fingerprint density at radius 3 is 2.59 bits per heavy atom. The predicted octanol–water partition coefficient (Wildman–Crippen LogP) is 3.19. The average molecular weight is 417 g/mol. The van der Waals surface area contributed by atoms with Crippen molar-refractivity contribution < 1.29 is 23.9 Å². The van der Waals surface area contributed by atoms with E-state index in [0.29, 0.717) is 22.1 Å². The fraction of sp³-hybridized carbons (Fsp3) is 0.286. The third-order valence-corrected chi connectivity index (χ3v) is 5.05. The number of anilines is 2. The topological polar surface area (TPSA) is 84.9 Å². The van der Waals surface area contributed by atoms with Gasteiger partial charge in [0.15, 0.2) is 6.61 Å². The zero-order valence-corrected chi connectivity index (χ0v) is 16.9. The zero-order chi connectivity index (χ0) is 21.0. The Kier molecular flexibility index (Phi) is 6.39. The number of rotatable bonds is 6. The summed E-state index contributed by atoms with van der Waals surface area (Å²) in [4.78, 5) is 38.1. The molecule has 1 heterocycles. The Hall–Kier alpha value is -3.06. The van der Waals surface area contributed by atoms with Crippen LogP contribution in [0.25, 0.3) is 0 Å². The number of esters is 1. The molecule has 0 spiro atoms. The second kappa shape index (κ2) is 8.96. The van der Waals surface area contributed by atoms with E-state index in [1.807, 2.05) is 13.0 Å². The Morgan fingerprint density at radius 2 is 1.93 bits per heavy atom. The van der Waals surface area contributed by atoms with Crippen LogP contribution in [-0.2, 0) is 19.1 Å². The zero-order valence-electron chi connectivity index (χ0n) is 16.1. The molecule has 1 atom stereocenters. The molecule has 2 amide bonds. The van der Waals surface area contributed by atoms with E-state index in [1.54, 1.807) is 43.5 Å². The molecular weight excluding hydrogens is 396 g/mol. The van der Waals surface area contributed by atoms with Crippen LogP contribution in [0.2, 0.25) is 5.02 Å². The summed E-state index contributed by atoms with van der Waals surface area (Å²) in [6.45, 7) is 1.64. The summed E-state index contributed by atoms with van der Waals surface area (Å²) >= 11 is 6.13. The van der Waals surface area contributed by atoms with E-state index in [1.165, 1.54) is 4.90 Å². The van der Waals surface area contributed by atoms with Gasteiger partial charge in [0.1, 0.15) is 5.75 Å². The fourth-order valence-corrected chi connectivity index (χ4v) is 3.17. The SMILES string of the molecule is COc1ccc(NC(=O)COC(=O)C2CC(=O)N(c3ccc(C)c(Cl)c3)C2)cc1. The van der Waals surface area contributed by atoms with Crippen LogP contribution in [0, 0.1) is 12.8 Å². The third kappa shape index (κ3) is 5.06. The van der Waals surface area contributed by atoms with Gasteiger partial charge in [-0.2, -0.15) is 0 Å². The number of ether oxygens (including phenoxy) is 2. The molecule has 2 aromatic rings. The number of hydrogen-bond acceptors (Lipinski definition) is 5. The van der Waals surface area contributed by atoms with Crippen LogP contribution >= 0.6 is 11.6 Å². The van der Waals surface area contributed by atoms with Crippen molar-refractivity contribution in [2.45, 2.75) is 13.3 Å². The van der Waals surface area contributed by atoms with E-state index in [-0.39, 0.29) is 18.9 Å². The highest BCUT2D eigenvalue weighted by Crippen LogP contribution is 2.29. The van der Waals surface area contributed by atoms with Gasteiger partial charge in [-0.3, -0.25) is 14.4 Å². The smallest absolute Gasteiger partial charge is 0.311 e. The lowest BCUT2D eigenvalue weighted by molar-refractivity contribution is -0.151. The molecule has 7 nitrogen and oxygen atoms in total. The highest BCUT2D eigenvalue weighted by molar-refractivity contribution is 6.31. The molecule has 0 radical (unpaired) electrons. The normalized spacial score (nSPS) is 15.9. The number of methoxy groups -OCH3 is 1. The summed E-state index contributed by atoms with van der Waals surface area (Å²) in [5.41, 5.74) is 2.10. The lowest BCUT2D eigenvalue weighted by Gasteiger charge is -2.17. The molecule has 0 saturated carbocycles. The standard InChI is InChI=1S/C21H21ClN2O5/c1-13-3-6-16(10-18(13)22)24-11-14(9-20(24)26)21(27)29-12-19(25)23-15-4-7-17(28-2)8-5-15/h3-8,10,14H,9,11-12H2,1-2H3,(H,23,25). The molecule has 2 aromatic carbocycles. The van der Waals surface area contributed by atoms with Gasteiger partial charge >= 0.3 is 5.97 Å². The van der Waals surface area contributed by atoms with Crippen molar-refractivity contribution in [2.75, 3.05) is 30.5 Å². The summed E-state index contributed by atoms with van der Waals surface area (Å²) in [7, 11) is 1.55. The summed E-state index contributed by atoms with van der Waals surface area (Å²) < 4.78 is 10.2. The van der Waals surface area contributed by atoms with Gasteiger partial charge in [0, 0.05) is 29.4 Å². The molecule has 152 valence electrons. The number of benzene rings is 2. The number of nitrogens with one attached hydrogen (secondary N) is 1. The Balaban J connectivity index is 1.52. The first-order chi connectivity index (χ1) is 13.9. The largest absolute Gasteiger partial charge is 0.497 e. The number of halogens is 1. The Morgan fingerprint density at radius 1 is 1.21 bits per heavy atom. The van der Waals surface area contributed by atoms with Gasteiger partial charge in [-0.15, -0.1) is 0 Å². The monoisotopic (exact) mass is 416 g/mol. The van der Waals surface area contributed by atoms with Crippen molar-refractivity contribution in [1.29, 1.82) is 0 Å². The number of hydrogen-bond donors (Lipinski definition) is 1. The van der Waals surface area contributed by atoms with Crippen molar-refractivity contribution in [1.82, 2.24) is 0 Å². The van der Waals surface area contributed by atoms with E-state index in [9.17, 15) is 14.4 Å². The van der Waals surface area contributed by atoms with Crippen molar-refractivity contribution in [3.63, 3.8) is 0 Å². The summed E-state index contributed by atoms with van der Waals surface area (Å²) in [6.07, 6.45) is 0.0322. The molecule has 1 aliphatic rings. The van der Waals surface area contributed by atoms with E-state index in [4.69, 9.17) is 21.1 Å². The maximum absolute atomic E-state index is 12.3. The average Bonchev–Trinajstić information content (AvgIpc) is 3.10. The molecule has 1 N–H and O–H groups in total. The second-order valence-corrected chi connectivity index (χ2v) is 7.13. The van der Waals surface area contributed by atoms with Gasteiger partial charge in [0.05, 0.1) is 13.0 Å². The lowest BCUT2D eigenvalue weighted by atomic mass is 10.1. The van der Waals surface area contributed by atoms with Crippen LogP contribution in [-0.4, -0.2) is 38.0 Å². The minimum absolute atomic E-state index is 0.0322. The van der Waals surface area contributed by atoms with Crippen LogP contribution < -0.4 is 15.0 Å². The first kappa shape index (κ1) is 20.7. The van der Waals surface area contributed by atoms with Gasteiger partial charge in [-0.1, -0.05) is 17.7 Å². The van der Waals surface area contributed by atoms with Crippen LogP contribution in [0.4, 0.5) is 11.4 Å². The van der Waals surface area contributed by atoms with Gasteiger partial charge in [0.25, 0.3) is 5.91 Å². The third-order valence-electron chi connectivity index (χ3n) is 4.64. The van der Waals surface area contributed by atoms with Gasteiger partial charge in [-0.05, 0) is 48.9 Å². The second-order valence-electron chi connectivity index (χ2n) is 6.72. The molecule has 1 saturated heterocycles. The number of carbonyl (C=O) groups is 3. The quantitative estimate of drug-likeness (QED) is 0.731. The summed E-state index contributed by atoms with van der Waals surface area (Å²) in [6, 6.07) is 12.1. The van der Waals surface area contributed by atoms with Crippen molar-refractivity contribution in [2.24, 2.45) is 5.92 Å². The number of aryl methyl sites for hydroxylation is 1. The van der Waals surface area contributed by atoms with Crippen LogP contribution in [0.1, 0.15) is 12.0 Å². The van der Waals surface area contributed by atoms with Crippen LogP contribution in [0.15, 0.2) is 42.5 Å². The molecule has 0 aliphatic carbocycles. The highest BCUT2D eigenvalue weighted by Gasteiger charge is 2.36. The minimum atomic E-state index is -0.628. The van der Waals surface area contributed by atoms with E-state index in [0.717, 1.165) is 5.56 Å². The molecule has 8 heteroatoms. The van der Waals surface area contributed by atoms with Crippen LogP contribution in [0.3, 0.4) is 0 Å². The van der Waals surface area contributed by atoms with Gasteiger partial charge < -0.3 is 19.7 Å². The first-order valence-electron chi connectivity index (χ1n) is 9.04. The molecule has 1 aliphatic heterocycles. The maximum Gasteiger partial charge on any atom is 0.311 e. The van der Waals surface area contributed by atoms with Crippen molar-refractivity contribution >= 4 is 40.8 Å². The van der Waals surface area contributed by atoms with Crippen molar-refractivity contribution in [3.8, 4) is 5.75 Å². The fourth-order valence-electron chi connectivity index (χ4n) is 2.99. The predicted molar refractivity (Wildman–Crippen MR) is 109 cm³/mol. The number of nitrogens with zero attached hydrogens (tertiary/aromatic N) is 1. The summed E-state index contributed by atoms with van der Waals surface area (Å²) in [5, 5.41) is 3.18. The summed E-state index contributed by atoms with van der Waals surface area (Å²) in [5.74, 6) is -1.19. The molecular formula is C21H21ClN2O5. The molecule has 1 unspecified atom stereocenters. The molecule has 29 heavy (non-hydrogen) atoms. The first-order valence-corrected chi connectivity index (χ1v) is 9.42. The molecule has 3 rings (SSSR count). The van der Waals surface area contributed by atoms with Crippen LogP contribution in [0.5, 0.6) is 5.75 Å². The highest BCUT2D eigenvalue weighted by atomic mass is 35.5. The Labute approximate surface area is 173 Å². The van der Waals surface area contributed by atoms with Gasteiger partial charge in [-0.25, -0.2) is 0 Å². The van der Waals surface area contributed by atoms with E-state index < -0.39 is 24.4 Å². The number of amides is 2. The van der Waals surface area contributed by atoms with E-state index >= 15 is 0 Å². The molecule has 0 aromatic heterocycles. The lowest BCUT2D eigenvalue weighted by Crippen LogP contribution is -2.28. The number of carbonyl (C=O) groups excluding carboxylic acids is 3.